The quantitative estimate of drug-likeness (QED) is 0.210. The number of amides is 1. The van der Waals surface area contributed by atoms with Gasteiger partial charge in [-0.3, -0.25) is 13.8 Å². The van der Waals surface area contributed by atoms with E-state index in [1.54, 1.807) is 0 Å². The van der Waals surface area contributed by atoms with Crippen LogP contribution in [0.25, 0.3) is 0 Å². The number of rotatable bonds is 14. The van der Waals surface area contributed by atoms with Crippen molar-refractivity contribution in [2.24, 2.45) is 5.41 Å². The van der Waals surface area contributed by atoms with Crippen molar-refractivity contribution in [3.05, 3.63) is 0 Å². The number of carbonyl (C=O) groups excluding carboxylic acids is 3. The second-order valence-electron chi connectivity index (χ2n) is 9.33. The summed E-state index contributed by atoms with van der Waals surface area (Å²) < 4.78 is 40.1. The van der Waals surface area contributed by atoms with Gasteiger partial charge < -0.3 is 19.9 Å². The van der Waals surface area contributed by atoms with Gasteiger partial charge in [-0.25, -0.2) is 4.79 Å². The van der Waals surface area contributed by atoms with Crippen molar-refractivity contribution in [2.75, 3.05) is 25.5 Å². The lowest BCUT2D eigenvalue weighted by Crippen LogP contribution is -2.46. The maximum Gasteiger partial charge on any atom is 0.335 e. The van der Waals surface area contributed by atoms with Gasteiger partial charge in [0, 0.05) is 25.3 Å². The van der Waals surface area contributed by atoms with Crippen LogP contribution in [0.1, 0.15) is 79.1 Å². The van der Waals surface area contributed by atoms with Crippen molar-refractivity contribution in [1.29, 1.82) is 0 Å². The van der Waals surface area contributed by atoms with Gasteiger partial charge in [-0.1, -0.05) is 27.2 Å². The number of hydrogen-bond acceptors (Lipinski definition) is 9. The van der Waals surface area contributed by atoms with Crippen LogP contribution in [0.5, 0.6) is 0 Å². The predicted molar refractivity (Wildman–Crippen MR) is 121 cm³/mol. The Hall–Kier alpha value is -1.72. The zero-order chi connectivity index (χ0) is 25.1. The molecule has 0 spiro atoms. The minimum atomic E-state index is -3.90. The molecular formula is C22H39NO9S. The summed E-state index contributed by atoms with van der Waals surface area (Å²) in [6, 6.07) is 0. The van der Waals surface area contributed by atoms with Crippen LogP contribution < -0.4 is 5.32 Å². The van der Waals surface area contributed by atoms with Crippen LogP contribution in [0.15, 0.2) is 0 Å². The highest BCUT2D eigenvalue weighted by atomic mass is 32.2. The van der Waals surface area contributed by atoms with E-state index in [0.717, 1.165) is 19.3 Å². The fraction of sp³-hybridized carbons (Fsp3) is 0.864. The zero-order valence-electron chi connectivity index (χ0n) is 20.2. The van der Waals surface area contributed by atoms with Crippen molar-refractivity contribution in [2.45, 2.75) is 90.8 Å². The normalized spacial score (nSPS) is 17.1. The molecule has 0 saturated heterocycles. The molecular weight excluding hydrogens is 454 g/mol. The topological polar surface area (TPSA) is 145 Å². The summed E-state index contributed by atoms with van der Waals surface area (Å²) in [7, 11) is -3.90. The molecule has 11 heteroatoms. The molecule has 0 radical (unpaired) electrons. The number of esters is 2. The molecule has 2 N–H and O–H groups in total. The van der Waals surface area contributed by atoms with E-state index in [2.05, 4.69) is 5.32 Å². The summed E-state index contributed by atoms with van der Waals surface area (Å²) in [5.74, 6) is -1.84. The third-order valence-corrected chi connectivity index (χ3v) is 6.81. The Morgan fingerprint density at radius 1 is 1.15 bits per heavy atom. The van der Waals surface area contributed by atoms with E-state index in [0.29, 0.717) is 19.3 Å². The fourth-order valence-corrected chi connectivity index (χ4v) is 4.56. The Bertz CT molecular complexity index is 758. The second kappa shape index (κ2) is 13.2. The maximum absolute atomic E-state index is 12.5. The smallest absolute Gasteiger partial charge is 0.335 e. The van der Waals surface area contributed by atoms with Crippen LogP contribution in [0.3, 0.4) is 0 Å². The van der Waals surface area contributed by atoms with E-state index in [1.807, 2.05) is 6.92 Å². The molecule has 1 aliphatic carbocycles. The third-order valence-electron chi connectivity index (χ3n) is 5.55. The molecule has 1 rings (SSSR count). The Kier molecular flexibility index (Phi) is 11.8. The van der Waals surface area contributed by atoms with Crippen molar-refractivity contribution in [3.8, 4) is 0 Å². The van der Waals surface area contributed by atoms with Crippen LogP contribution in [-0.2, 0) is 38.2 Å². The molecule has 1 fully saturated rings. The molecule has 10 nitrogen and oxygen atoms in total. The molecule has 0 unspecified atom stereocenters. The molecule has 0 aromatic carbocycles. The zero-order valence-corrected chi connectivity index (χ0v) is 21.0. The molecule has 0 aliphatic heterocycles. The predicted octanol–water partition coefficient (Wildman–Crippen LogP) is 1.84. The van der Waals surface area contributed by atoms with Crippen LogP contribution >= 0.6 is 0 Å². The first kappa shape index (κ1) is 29.3. The van der Waals surface area contributed by atoms with Crippen LogP contribution in [0.4, 0.5) is 0 Å². The van der Waals surface area contributed by atoms with E-state index in [9.17, 15) is 27.9 Å². The van der Waals surface area contributed by atoms with Gasteiger partial charge in [0.15, 0.2) is 6.10 Å². The molecule has 1 saturated carbocycles. The number of aliphatic hydroxyl groups excluding tert-OH is 1. The highest BCUT2D eigenvalue weighted by Gasteiger charge is 2.41. The SMILES string of the molecule is CCCC(=O)OC1(COC(=O)[C@H](O)C(C)(C)COS(=O)(=O)CCCNC(C)=O)CCCCC1. The lowest BCUT2D eigenvalue weighted by Gasteiger charge is -2.37. The fourth-order valence-electron chi connectivity index (χ4n) is 3.46. The highest BCUT2D eigenvalue weighted by Crippen LogP contribution is 2.33. The first-order valence-electron chi connectivity index (χ1n) is 11.5. The maximum atomic E-state index is 12.5. The number of ether oxygens (including phenoxy) is 2. The average molecular weight is 494 g/mol. The van der Waals surface area contributed by atoms with Gasteiger partial charge in [-0.2, -0.15) is 8.42 Å². The van der Waals surface area contributed by atoms with E-state index < -0.39 is 39.8 Å². The molecule has 192 valence electrons. The van der Waals surface area contributed by atoms with Gasteiger partial charge in [0.25, 0.3) is 10.1 Å². The van der Waals surface area contributed by atoms with Crippen LogP contribution in [-0.4, -0.2) is 68.6 Å². The minimum Gasteiger partial charge on any atom is -0.459 e. The van der Waals surface area contributed by atoms with E-state index in [4.69, 9.17) is 13.7 Å². The standard InChI is InChI=1S/C22H39NO9S/c1-5-10-18(25)32-22(11-7-6-8-12-22)16-30-20(27)19(26)21(3,4)15-31-33(28,29)14-9-13-23-17(2)24/h19,26H,5-16H2,1-4H3,(H,23,24)/t19-/m0/s1. The van der Waals surface area contributed by atoms with Crippen molar-refractivity contribution in [1.82, 2.24) is 5.32 Å². The Morgan fingerprint density at radius 3 is 2.36 bits per heavy atom. The largest absolute Gasteiger partial charge is 0.459 e. The number of hydrogen-bond donors (Lipinski definition) is 2. The minimum absolute atomic E-state index is 0.156. The van der Waals surface area contributed by atoms with Crippen molar-refractivity contribution in [3.63, 3.8) is 0 Å². The van der Waals surface area contributed by atoms with E-state index in [1.165, 1.54) is 20.8 Å². The molecule has 0 heterocycles. The van der Waals surface area contributed by atoms with Gasteiger partial charge in [-0.15, -0.1) is 0 Å². The van der Waals surface area contributed by atoms with Gasteiger partial charge in [0.1, 0.15) is 12.2 Å². The summed E-state index contributed by atoms with van der Waals surface area (Å²) in [5, 5.41) is 13.0. The lowest BCUT2D eigenvalue weighted by molar-refractivity contribution is -0.184. The number of carbonyl (C=O) groups is 3. The molecule has 33 heavy (non-hydrogen) atoms. The van der Waals surface area contributed by atoms with Crippen LogP contribution in [0, 0.1) is 5.41 Å². The van der Waals surface area contributed by atoms with Gasteiger partial charge in [-0.05, 0) is 38.5 Å². The second-order valence-corrected chi connectivity index (χ2v) is 11.1. The van der Waals surface area contributed by atoms with E-state index in [-0.39, 0.29) is 43.6 Å². The first-order chi connectivity index (χ1) is 15.3. The van der Waals surface area contributed by atoms with Crippen molar-refractivity contribution >= 4 is 28.0 Å². The van der Waals surface area contributed by atoms with Crippen molar-refractivity contribution < 1.29 is 41.6 Å². The lowest BCUT2D eigenvalue weighted by atomic mass is 9.85. The number of aliphatic hydroxyl groups is 1. The summed E-state index contributed by atoms with van der Waals surface area (Å²) >= 11 is 0. The molecule has 0 aromatic rings. The molecule has 1 aliphatic rings. The average Bonchev–Trinajstić information content (AvgIpc) is 2.74. The molecule has 0 bridgehead atoms. The molecule has 1 amide bonds. The van der Waals surface area contributed by atoms with Crippen LogP contribution in [0.2, 0.25) is 0 Å². The first-order valence-corrected chi connectivity index (χ1v) is 13.1. The van der Waals surface area contributed by atoms with Gasteiger partial charge in [0.2, 0.25) is 5.91 Å². The number of nitrogens with one attached hydrogen (secondary N) is 1. The monoisotopic (exact) mass is 493 g/mol. The molecule has 1 atom stereocenters. The van der Waals surface area contributed by atoms with Gasteiger partial charge in [0.05, 0.1) is 12.4 Å². The Morgan fingerprint density at radius 2 is 1.79 bits per heavy atom. The Balaban J connectivity index is 2.62. The summed E-state index contributed by atoms with van der Waals surface area (Å²) in [5.41, 5.74) is -2.14. The Labute approximate surface area is 196 Å². The third kappa shape index (κ3) is 10.8. The summed E-state index contributed by atoms with van der Waals surface area (Å²) in [6.45, 7) is 5.80. The molecule has 0 aromatic heterocycles. The highest BCUT2D eigenvalue weighted by molar-refractivity contribution is 7.86. The van der Waals surface area contributed by atoms with E-state index >= 15 is 0 Å². The van der Waals surface area contributed by atoms with Gasteiger partial charge >= 0.3 is 11.9 Å². The summed E-state index contributed by atoms with van der Waals surface area (Å²) in [4.78, 5) is 35.4. The summed E-state index contributed by atoms with van der Waals surface area (Å²) in [6.07, 6.45) is 3.32.